The average Bonchev–Trinajstić information content (AvgIpc) is 2.48. The van der Waals surface area contributed by atoms with Gasteiger partial charge in [0.2, 0.25) is 5.75 Å². The molecule has 2 aliphatic rings. The zero-order valence-electron chi connectivity index (χ0n) is 12.3. The molecule has 0 aliphatic carbocycles. The van der Waals surface area contributed by atoms with E-state index < -0.39 is 0 Å². The van der Waals surface area contributed by atoms with E-state index >= 15 is 0 Å². The number of para-hydroxylation sites is 1. The van der Waals surface area contributed by atoms with Crippen molar-refractivity contribution >= 4 is 0 Å². The zero-order chi connectivity index (χ0) is 13.8. The van der Waals surface area contributed by atoms with Crippen molar-refractivity contribution in [1.29, 1.82) is 0 Å². The second-order valence-corrected chi connectivity index (χ2v) is 5.98. The molecule has 2 heterocycles. The van der Waals surface area contributed by atoms with Gasteiger partial charge in [-0.3, -0.25) is 0 Å². The second-order valence-electron chi connectivity index (χ2n) is 5.98. The number of ether oxygens (including phenoxy) is 3. The smallest absolute Gasteiger partial charge is 0.203 e. The molecule has 1 saturated heterocycles. The molecule has 3 rings (SSSR count). The summed E-state index contributed by atoms with van der Waals surface area (Å²) in [4.78, 5) is 0. The van der Waals surface area contributed by atoms with Crippen LogP contribution in [0.15, 0.2) is 18.2 Å². The van der Waals surface area contributed by atoms with Crippen LogP contribution < -0.4 is 14.2 Å². The van der Waals surface area contributed by atoms with Gasteiger partial charge in [0.1, 0.15) is 26.4 Å². The van der Waals surface area contributed by atoms with Crippen molar-refractivity contribution in [2.24, 2.45) is 0 Å². The highest BCUT2D eigenvalue weighted by molar-refractivity contribution is 5.51. The molecule has 2 aliphatic heterocycles. The van der Waals surface area contributed by atoms with Gasteiger partial charge >= 0.3 is 0 Å². The highest BCUT2D eigenvalue weighted by Gasteiger charge is 2.25. The Balaban J connectivity index is 1.58. The normalized spacial score (nSPS) is 20.4. The summed E-state index contributed by atoms with van der Waals surface area (Å²) in [6.45, 7) is 5.55. The van der Waals surface area contributed by atoms with Crippen LogP contribution >= 0.6 is 0 Å². The van der Waals surface area contributed by atoms with Gasteiger partial charge in [-0.2, -0.15) is 0 Å². The summed E-state index contributed by atoms with van der Waals surface area (Å²) >= 11 is 0. The summed E-state index contributed by atoms with van der Waals surface area (Å²) in [6, 6.07) is 5.85. The molecular weight excluding hydrogens is 254 g/mol. The molecule has 0 unspecified atom stereocenters. The van der Waals surface area contributed by atoms with Crippen molar-refractivity contribution in [1.82, 2.24) is 0 Å². The number of nitrogens with zero attached hydrogens (tertiary/aromatic N) is 1. The van der Waals surface area contributed by atoms with Crippen LogP contribution in [0, 0.1) is 0 Å². The van der Waals surface area contributed by atoms with E-state index in [0.717, 1.165) is 34.9 Å². The third-order valence-corrected chi connectivity index (χ3v) is 4.31. The molecule has 0 amide bonds. The summed E-state index contributed by atoms with van der Waals surface area (Å²) in [6.07, 6.45) is 4.06. The molecule has 0 N–H and O–H groups in total. The van der Waals surface area contributed by atoms with Gasteiger partial charge in [-0.25, -0.2) is 0 Å². The first-order valence-electron chi connectivity index (χ1n) is 7.62. The lowest BCUT2D eigenvalue weighted by Crippen LogP contribution is -2.50. The summed E-state index contributed by atoms with van der Waals surface area (Å²) in [5, 5.41) is 0. The van der Waals surface area contributed by atoms with Crippen LogP contribution in [-0.2, 0) is 0 Å². The maximum Gasteiger partial charge on any atom is 0.203 e. The van der Waals surface area contributed by atoms with Gasteiger partial charge in [-0.1, -0.05) is 6.07 Å². The van der Waals surface area contributed by atoms with Gasteiger partial charge in [0.25, 0.3) is 0 Å². The van der Waals surface area contributed by atoms with Gasteiger partial charge in [-0.15, -0.1) is 0 Å². The minimum absolute atomic E-state index is 0.598. The first-order chi connectivity index (χ1) is 9.77. The number of likely N-dealkylation sites (N-methyl/N-ethyl adjacent to an activating group) is 1. The van der Waals surface area contributed by atoms with Gasteiger partial charge in [0.05, 0.1) is 20.1 Å². The molecule has 0 radical (unpaired) electrons. The van der Waals surface area contributed by atoms with E-state index in [4.69, 9.17) is 14.2 Å². The monoisotopic (exact) mass is 278 g/mol. The summed E-state index contributed by atoms with van der Waals surface area (Å²) in [7, 11) is 2.34. The maximum atomic E-state index is 5.95. The molecule has 20 heavy (non-hydrogen) atoms. The quantitative estimate of drug-likeness (QED) is 0.792. The van der Waals surface area contributed by atoms with Crippen LogP contribution in [0.2, 0.25) is 0 Å². The Bertz CT molecular complexity index is 455. The van der Waals surface area contributed by atoms with E-state index in [0.29, 0.717) is 13.2 Å². The Hall–Kier alpha value is -1.42. The van der Waals surface area contributed by atoms with Gasteiger partial charge in [-0.05, 0) is 31.4 Å². The fourth-order valence-electron chi connectivity index (χ4n) is 3.04. The maximum absolute atomic E-state index is 5.95. The van der Waals surface area contributed by atoms with E-state index in [2.05, 4.69) is 7.05 Å². The molecule has 0 atom stereocenters. The Kier molecular flexibility index (Phi) is 4.01. The van der Waals surface area contributed by atoms with E-state index in [9.17, 15) is 0 Å². The van der Waals surface area contributed by atoms with Crippen molar-refractivity contribution in [3.8, 4) is 17.2 Å². The lowest BCUT2D eigenvalue weighted by molar-refractivity contribution is -0.914. The van der Waals surface area contributed by atoms with Crippen LogP contribution in [0.1, 0.15) is 19.3 Å². The predicted octanol–water partition coefficient (Wildman–Crippen LogP) is 2.47. The largest absolute Gasteiger partial charge is 0.486 e. The first-order valence-corrected chi connectivity index (χ1v) is 7.62. The van der Waals surface area contributed by atoms with Crippen molar-refractivity contribution < 1.29 is 18.7 Å². The number of hydrogen-bond acceptors (Lipinski definition) is 3. The van der Waals surface area contributed by atoms with E-state index in [1.165, 1.54) is 32.4 Å². The number of piperidine rings is 1. The van der Waals surface area contributed by atoms with Crippen molar-refractivity contribution in [3.63, 3.8) is 0 Å². The predicted molar refractivity (Wildman–Crippen MR) is 77.6 cm³/mol. The second kappa shape index (κ2) is 5.92. The number of fused-ring (bicyclic) bond motifs is 1. The van der Waals surface area contributed by atoms with Crippen LogP contribution in [0.5, 0.6) is 17.2 Å². The average molecular weight is 278 g/mol. The summed E-state index contributed by atoms with van der Waals surface area (Å²) in [5.41, 5.74) is 0. The number of benzene rings is 1. The molecule has 1 aromatic rings. The van der Waals surface area contributed by atoms with Crippen LogP contribution in [0.3, 0.4) is 0 Å². The molecule has 4 heteroatoms. The minimum atomic E-state index is 0.598. The summed E-state index contributed by atoms with van der Waals surface area (Å²) in [5.74, 6) is 2.37. The molecule has 4 nitrogen and oxygen atoms in total. The zero-order valence-corrected chi connectivity index (χ0v) is 12.3. The molecular formula is C16H24NO3+. The Morgan fingerprint density at radius 3 is 2.75 bits per heavy atom. The standard InChI is InChI=1S/C16H24NO3/c1-17(8-3-2-4-9-17)10-11-18-14-6-5-7-15-16(14)20-13-12-19-15/h5-7H,2-4,8-13H2,1H3/q+1. The van der Waals surface area contributed by atoms with Gasteiger partial charge < -0.3 is 18.7 Å². The number of likely N-dealkylation sites (tertiary alicyclic amines) is 1. The van der Waals surface area contributed by atoms with Gasteiger partial charge in [0, 0.05) is 0 Å². The Morgan fingerprint density at radius 2 is 1.90 bits per heavy atom. The van der Waals surface area contributed by atoms with Crippen LogP contribution in [0.4, 0.5) is 0 Å². The SMILES string of the molecule is C[N+]1(CCOc2cccc3c2OCCO3)CCCCC1. The Morgan fingerprint density at radius 1 is 1.10 bits per heavy atom. The van der Waals surface area contributed by atoms with Crippen molar-refractivity contribution in [2.45, 2.75) is 19.3 Å². The highest BCUT2D eigenvalue weighted by Crippen LogP contribution is 2.38. The third kappa shape index (κ3) is 3.01. The van der Waals surface area contributed by atoms with Crippen molar-refractivity contribution in [3.05, 3.63) is 18.2 Å². The highest BCUT2D eigenvalue weighted by atomic mass is 16.6. The molecule has 110 valence electrons. The number of hydrogen-bond donors (Lipinski definition) is 0. The van der Waals surface area contributed by atoms with Crippen LogP contribution in [0.25, 0.3) is 0 Å². The molecule has 0 bridgehead atoms. The molecule has 1 fully saturated rings. The molecule has 0 aromatic heterocycles. The van der Waals surface area contributed by atoms with Crippen LogP contribution in [-0.4, -0.2) is 51.0 Å². The van der Waals surface area contributed by atoms with Crippen molar-refractivity contribution in [2.75, 3.05) is 46.5 Å². The fraction of sp³-hybridized carbons (Fsp3) is 0.625. The number of quaternary nitrogens is 1. The lowest BCUT2D eigenvalue weighted by atomic mass is 10.1. The van der Waals surface area contributed by atoms with E-state index in [1.54, 1.807) is 0 Å². The Labute approximate surface area is 120 Å². The first kappa shape index (κ1) is 13.6. The van der Waals surface area contributed by atoms with Gasteiger partial charge in [0.15, 0.2) is 11.5 Å². The minimum Gasteiger partial charge on any atom is -0.486 e. The molecule has 0 spiro atoms. The topological polar surface area (TPSA) is 27.7 Å². The molecule has 0 saturated carbocycles. The molecule has 1 aromatic carbocycles. The van der Waals surface area contributed by atoms with E-state index in [1.807, 2.05) is 18.2 Å². The van der Waals surface area contributed by atoms with E-state index in [-0.39, 0.29) is 0 Å². The summed E-state index contributed by atoms with van der Waals surface area (Å²) < 4.78 is 18.3. The number of rotatable bonds is 4. The lowest BCUT2D eigenvalue weighted by Gasteiger charge is -2.37. The third-order valence-electron chi connectivity index (χ3n) is 4.31. The fourth-order valence-corrected chi connectivity index (χ4v) is 3.04.